The summed E-state index contributed by atoms with van der Waals surface area (Å²) in [5.41, 5.74) is -1.03. The Kier molecular flexibility index (Phi) is 6.61. The molecular weight excluding hydrogens is 521 g/mol. The fraction of sp³-hybridized carbons (Fsp3) is 0.483. The first kappa shape index (κ1) is 26.8. The zero-order valence-corrected chi connectivity index (χ0v) is 22.6. The molecular formula is C29H33F3N6O2. The number of pyridine rings is 1. The highest BCUT2D eigenvalue weighted by Crippen LogP contribution is 2.46. The Morgan fingerprint density at radius 1 is 1.18 bits per heavy atom. The molecule has 1 aliphatic carbocycles. The number of aromatic nitrogens is 5. The van der Waals surface area contributed by atoms with E-state index < -0.39 is 28.9 Å². The van der Waals surface area contributed by atoms with Crippen LogP contribution < -0.4 is 5.69 Å². The lowest BCUT2D eigenvalue weighted by molar-refractivity contribution is -0.136. The van der Waals surface area contributed by atoms with E-state index in [1.54, 1.807) is 36.1 Å². The number of aryl methyl sites for hydroxylation is 1. The van der Waals surface area contributed by atoms with Gasteiger partial charge in [0.2, 0.25) is 0 Å². The number of halogens is 3. The SMILES string of the molecule is C[C@H]1CCCN(Cc2cc(C(F)(F)F)c3cn(-c4cccc(C(c5nncn5C)C5(O)CCC5)c4)c(=O)n3c2)C1. The van der Waals surface area contributed by atoms with Crippen LogP contribution in [-0.4, -0.2) is 52.4 Å². The maximum atomic E-state index is 14.2. The molecule has 0 bridgehead atoms. The van der Waals surface area contributed by atoms with E-state index in [9.17, 15) is 23.1 Å². The van der Waals surface area contributed by atoms with Crippen LogP contribution in [0.3, 0.4) is 0 Å². The summed E-state index contributed by atoms with van der Waals surface area (Å²) in [6.45, 7) is 4.15. The van der Waals surface area contributed by atoms with Crippen molar-refractivity contribution in [2.24, 2.45) is 13.0 Å². The minimum Gasteiger partial charge on any atom is -0.389 e. The van der Waals surface area contributed by atoms with E-state index >= 15 is 0 Å². The van der Waals surface area contributed by atoms with Crippen LogP contribution in [0.25, 0.3) is 11.2 Å². The zero-order chi connectivity index (χ0) is 28.2. The number of benzene rings is 1. The summed E-state index contributed by atoms with van der Waals surface area (Å²) in [5.74, 6) is 0.578. The molecule has 0 amide bonds. The predicted molar refractivity (Wildman–Crippen MR) is 143 cm³/mol. The molecule has 1 saturated heterocycles. The number of nitrogens with zero attached hydrogens (tertiary/aromatic N) is 6. The summed E-state index contributed by atoms with van der Waals surface area (Å²) in [7, 11) is 1.81. The van der Waals surface area contributed by atoms with E-state index in [1.807, 2.05) is 6.07 Å². The van der Waals surface area contributed by atoms with E-state index in [0.717, 1.165) is 36.8 Å². The van der Waals surface area contributed by atoms with Gasteiger partial charge in [0.1, 0.15) is 12.2 Å². The molecule has 6 rings (SSSR count). The second-order valence-corrected chi connectivity index (χ2v) is 11.6. The maximum absolute atomic E-state index is 14.2. The Morgan fingerprint density at radius 2 is 1.98 bits per heavy atom. The van der Waals surface area contributed by atoms with Crippen molar-refractivity contribution < 1.29 is 18.3 Å². The third-order valence-corrected chi connectivity index (χ3v) is 8.52. The first-order valence-electron chi connectivity index (χ1n) is 13.8. The Labute approximate surface area is 229 Å². The average Bonchev–Trinajstić information content (AvgIpc) is 3.45. The van der Waals surface area contributed by atoms with E-state index in [0.29, 0.717) is 47.9 Å². The van der Waals surface area contributed by atoms with Crippen molar-refractivity contribution in [1.29, 1.82) is 0 Å². The van der Waals surface area contributed by atoms with Crippen LogP contribution >= 0.6 is 0 Å². The van der Waals surface area contributed by atoms with Gasteiger partial charge in [-0.15, -0.1) is 10.2 Å². The molecule has 0 radical (unpaired) electrons. The lowest BCUT2D eigenvalue weighted by Crippen LogP contribution is -2.44. The molecule has 8 nitrogen and oxygen atoms in total. The molecule has 1 saturated carbocycles. The van der Waals surface area contributed by atoms with Crippen LogP contribution in [0.5, 0.6) is 0 Å². The largest absolute Gasteiger partial charge is 0.418 e. The lowest BCUT2D eigenvalue weighted by atomic mass is 9.68. The van der Waals surface area contributed by atoms with E-state index in [2.05, 4.69) is 22.0 Å². The Morgan fingerprint density at radius 3 is 2.62 bits per heavy atom. The Hall–Kier alpha value is -3.44. The number of imidazole rings is 1. The molecule has 1 aliphatic heterocycles. The third kappa shape index (κ3) is 4.75. The fourth-order valence-electron chi connectivity index (χ4n) is 6.37. The van der Waals surface area contributed by atoms with Crippen LogP contribution in [0.1, 0.15) is 67.5 Å². The molecule has 11 heteroatoms. The topological polar surface area (TPSA) is 80.6 Å². The van der Waals surface area contributed by atoms with Crippen molar-refractivity contribution >= 4 is 5.52 Å². The van der Waals surface area contributed by atoms with Gasteiger partial charge in [0.05, 0.1) is 28.3 Å². The molecule has 0 spiro atoms. The summed E-state index contributed by atoms with van der Waals surface area (Å²) in [6, 6.07) is 8.20. The summed E-state index contributed by atoms with van der Waals surface area (Å²) >= 11 is 0. The average molecular weight is 555 g/mol. The molecule has 1 N–H and O–H groups in total. The molecule has 1 unspecified atom stereocenters. The van der Waals surface area contributed by atoms with Crippen molar-refractivity contribution in [2.45, 2.75) is 63.3 Å². The van der Waals surface area contributed by atoms with Gasteiger partial charge >= 0.3 is 11.9 Å². The Balaban J connectivity index is 1.44. The number of likely N-dealkylation sites (tertiary alicyclic amines) is 1. The fourth-order valence-corrected chi connectivity index (χ4v) is 6.37. The normalized spacial score (nSPS) is 20.5. The van der Waals surface area contributed by atoms with Gasteiger partial charge in [0.25, 0.3) is 0 Å². The number of piperidine rings is 1. The molecule has 3 aromatic heterocycles. The van der Waals surface area contributed by atoms with Gasteiger partial charge in [-0.2, -0.15) is 13.2 Å². The molecule has 2 fully saturated rings. The van der Waals surface area contributed by atoms with Gasteiger partial charge in [-0.1, -0.05) is 19.1 Å². The van der Waals surface area contributed by atoms with Crippen LogP contribution in [0.4, 0.5) is 13.2 Å². The predicted octanol–water partition coefficient (Wildman–Crippen LogP) is 4.52. The number of aliphatic hydroxyl groups is 1. The van der Waals surface area contributed by atoms with Crippen LogP contribution in [0.2, 0.25) is 0 Å². The van der Waals surface area contributed by atoms with Gasteiger partial charge < -0.3 is 9.67 Å². The van der Waals surface area contributed by atoms with Crippen molar-refractivity contribution in [1.82, 2.24) is 28.6 Å². The van der Waals surface area contributed by atoms with Gasteiger partial charge in [0, 0.05) is 32.5 Å². The molecule has 212 valence electrons. The van der Waals surface area contributed by atoms with Gasteiger partial charge in [-0.25, -0.2) is 4.79 Å². The van der Waals surface area contributed by atoms with Crippen molar-refractivity contribution in [3.63, 3.8) is 0 Å². The number of rotatable bonds is 6. The smallest absolute Gasteiger partial charge is 0.389 e. The number of fused-ring (bicyclic) bond motifs is 1. The van der Waals surface area contributed by atoms with Gasteiger partial charge in [-0.05, 0) is 73.9 Å². The number of hydrogen-bond donors (Lipinski definition) is 1. The van der Waals surface area contributed by atoms with Crippen molar-refractivity contribution in [2.75, 3.05) is 13.1 Å². The molecule has 4 aromatic rings. The summed E-state index contributed by atoms with van der Waals surface area (Å²) in [6.07, 6.45) is 3.93. The third-order valence-electron chi connectivity index (χ3n) is 8.52. The molecule has 40 heavy (non-hydrogen) atoms. The van der Waals surface area contributed by atoms with Crippen LogP contribution in [-0.2, 0) is 19.8 Å². The van der Waals surface area contributed by atoms with Crippen molar-refractivity contribution in [3.8, 4) is 5.69 Å². The molecule has 4 heterocycles. The zero-order valence-electron chi connectivity index (χ0n) is 22.6. The molecule has 2 atom stereocenters. The monoisotopic (exact) mass is 554 g/mol. The Bertz CT molecular complexity index is 1600. The van der Waals surface area contributed by atoms with Gasteiger partial charge in [-0.3, -0.25) is 13.9 Å². The number of hydrogen-bond acceptors (Lipinski definition) is 5. The summed E-state index contributed by atoms with van der Waals surface area (Å²) < 4.78 is 46.8. The van der Waals surface area contributed by atoms with E-state index in [4.69, 9.17) is 0 Å². The van der Waals surface area contributed by atoms with Crippen molar-refractivity contribution in [3.05, 3.63) is 82.1 Å². The standard InChI is InChI=1S/C29H33F3N6O2/c1-19-6-4-11-36(14-19)15-20-12-23(29(30,31)32)24-17-37(27(39)38(24)16-20)22-8-3-7-21(13-22)25(28(40)9-5-10-28)26-34-33-18-35(26)2/h3,7-8,12-13,16-19,25,40H,4-6,9-11,14-15H2,1-2H3/t19-,25?/m0/s1. The maximum Gasteiger partial charge on any atom is 0.418 e. The second kappa shape index (κ2) is 9.88. The summed E-state index contributed by atoms with van der Waals surface area (Å²) in [5, 5.41) is 19.6. The van der Waals surface area contributed by atoms with Crippen LogP contribution in [0.15, 0.2) is 53.8 Å². The first-order valence-corrected chi connectivity index (χ1v) is 13.8. The first-order chi connectivity index (χ1) is 19.0. The lowest BCUT2D eigenvalue weighted by Gasteiger charge is -2.43. The second-order valence-electron chi connectivity index (χ2n) is 11.6. The van der Waals surface area contributed by atoms with Gasteiger partial charge in [0.15, 0.2) is 0 Å². The highest BCUT2D eigenvalue weighted by molar-refractivity contribution is 5.58. The highest BCUT2D eigenvalue weighted by Gasteiger charge is 2.46. The minimum absolute atomic E-state index is 0.193. The number of alkyl halides is 3. The summed E-state index contributed by atoms with van der Waals surface area (Å²) in [4.78, 5) is 15.8. The van der Waals surface area contributed by atoms with E-state index in [1.165, 1.54) is 23.0 Å². The van der Waals surface area contributed by atoms with Crippen LogP contribution in [0, 0.1) is 5.92 Å². The molecule has 2 aliphatic rings. The minimum atomic E-state index is -4.62. The van der Waals surface area contributed by atoms with E-state index in [-0.39, 0.29) is 5.52 Å². The molecule has 1 aromatic carbocycles. The highest BCUT2D eigenvalue weighted by atomic mass is 19.4. The quantitative estimate of drug-likeness (QED) is 0.379.